The van der Waals surface area contributed by atoms with Gasteiger partial charge in [0.25, 0.3) is 0 Å². The van der Waals surface area contributed by atoms with Crippen molar-refractivity contribution < 1.29 is 0 Å². The van der Waals surface area contributed by atoms with Crippen molar-refractivity contribution in [2.75, 3.05) is 21.4 Å². The predicted octanol–water partition coefficient (Wildman–Crippen LogP) is 14.6. The molecule has 2 aromatic heterocycles. The van der Waals surface area contributed by atoms with E-state index < -0.39 is 0 Å². The van der Waals surface area contributed by atoms with E-state index in [0.29, 0.717) is 11.8 Å². The lowest BCUT2D eigenvalue weighted by Crippen LogP contribution is -2.56. The van der Waals surface area contributed by atoms with Crippen LogP contribution in [-0.2, 0) is 5.41 Å². The third-order valence-electron chi connectivity index (χ3n) is 15.3. The highest BCUT2D eigenvalue weighted by atomic mass is 15.4. The molecule has 3 heterocycles. The summed E-state index contributed by atoms with van der Waals surface area (Å²) in [7, 11) is 0. The molecule has 0 N–H and O–H groups in total. The number of nitrogens with zero attached hydrogens (tertiary/aromatic N) is 5. The first kappa shape index (κ1) is 36.5. The average molecular weight is 816 g/mol. The van der Waals surface area contributed by atoms with Crippen LogP contribution in [0.1, 0.15) is 43.2 Å². The van der Waals surface area contributed by atoms with Crippen LogP contribution in [-0.4, -0.2) is 16.2 Å². The van der Waals surface area contributed by atoms with E-state index in [2.05, 4.69) is 220 Å². The molecule has 0 spiro atoms. The predicted molar refractivity (Wildman–Crippen MR) is 260 cm³/mol. The number of hydrogen-bond acceptors (Lipinski definition) is 4. The van der Waals surface area contributed by atoms with Gasteiger partial charge in [0, 0.05) is 50.8 Å². The molecule has 7 aromatic carbocycles. The van der Waals surface area contributed by atoms with E-state index in [1.54, 1.807) is 0 Å². The second-order valence-corrected chi connectivity index (χ2v) is 18.5. The topological polar surface area (TPSA) is 27.5 Å². The molecule has 0 amide bonds. The van der Waals surface area contributed by atoms with Gasteiger partial charge in [0.05, 0.1) is 22.4 Å². The van der Waals surface area contributed by atoms with Crippen molar-refractivity contribution in [3.05, 3.63) is 211 Å². The summed E-state index contributed by atoms with van der Waals surface area (Å²) >= 11 is 0. The first-order valence-electron chi connectivity index (χ1n) is 22.9. The number of hydrogen-bond donors (Lipinski definition) is 0. The Morgan fingerprint density at radius 3 is 1.78 bits per heavy atom. The van der Waals surface area contributed by atoms with Gasteiger partial charge in [-0.2, -0.15) is 0 Å². The highest BCUT2D eigenvalue weighted by Crippen LogP contribution is 2.65. The molecule has 306 valence electrons. The fourth-order valence-corrected chi connectivity index (χ4v) is 13.0. The first-order valence-corrected chi connectivity index (χ1v) is 22.9. The van der Waals surface area contributed by atoms with E-state index in [4.69, 9.17) is 4.98 Å². The molecule has 4 aliphatic carbocycles. The lowest BCUT2D eigenvalue weighted by Gasteiger charge is -2.62. The minimum atomic E-state index is -0.000598. The molecule has 4 bridgehead atoms. The van der Waals surface area contributed by atoms with Crippen LogP contribution in [0.2, 0.25) is 0 Å². The summed E-state index contributed by atoms with van der Waals surface area (Å²) in [5, 5.41) is 2.47. The van der Waals surface area contributed by atoms with E-state index in [1.807, 2.05) is 0 Å². The van der Waals surface area contributed by atoms with Crippen molar-refractivity contribution in [1.29, 1.82) is 0 Å². The van der Waals surface area contributed by atoms with Crippen molar-refractivity contribution >= 4 is 61.6 Å². The van der Waals surface area contributed by atoms with Crippen LogP contribution in [0.5, 0.6) is 0 Å². The van der Waals surface area contributed by atoms with Gasteiger partial charge in [0.2, 0.25) is 0 Å². The van der Waals surface area contributed by atoms with Crippen LogP contribution in [0.4, 0.5) is 39.8 Å². The van der Waals surface area contributed by atoms with Gasteiger partial charge in [0.15, 0.2) is 0 Å². The second kappa shape index (κ2) is 14.5. The molecule has 63 heavy (non-hydrogen) atoms. The van der Waals surface area contributed by atoms with Gasteiger partial charge in [0.1, 0.15) is 12.5 Å². The number of pyridine rings is 1. The Morgan fingerprint density at radius 2 is 1.03 bits per heavy atom. The van der Waals surface area contributed by atoms with Crippen LogP contribution < -0.4 is 14.7 Å². The van der Waals surface area contributed by atoms with E-state index >= 15 is 0 Å². The summed E-state index contributed by atoms with van der Waals surface area (Å²) in [6, 6.07) is 71.5. The van der Waals surface area contributed by atoms with Crippen molar-refractivity contribution in [2.24, 2.45) is 23.7 Å². The Hall–Kier alpha value is -7.11. The molecular formula is C58H49N5. The van der Waals surface area contributed by atoms with Crippen LogP contribution in [0.3, 0.4) is 0 Å². The second-order valence-electron chi connectivity index (χ2n) is 18.5. The van der Waals surface area contributed by atoms with Gasteiger partial charge in [-0.15, -0.1) is 0 Å². The molecule has 5 nitrogen and oxygen atoms in total. The van der Waals surface area contributed by atoms with Gasteiger partial charge in [-0.05, 0) is 152 Å². The number of aromatic nitrogens is 2. The lowest BCUT2D eigenvalue weighted by molar-refractivity contribution is -0.0418. The number of rotatable bonds is 8. The van der Waals surface area contributed by atoms with Gasteiger partial charge < -0.3 is 14.7 Å². The third kappa shape index (κ3) is 5.72. The molecule has 0 unspecified atom stereocenters. The number of benzene rings is 7. The monoisotopic (exact) mass is 815 g/mol. The van der Waals surface area contributed by atoms with Crippen LogP contribution in [0, 0.1) is 23.7 Å². The maximum Gasteiger partial charge on any atom is 0.137 e. The Balaban J connectivity index is 0.955. The zero-order chi connectivity index (χ0) is 41.5. The van der Waals surface area contributed by atoms with Crippen molar-refractivity contribution in [3.8, 4) is 5.82 Å². The average Bonchev–Trinajstić information content (AvgIpc) is 3.89. The molecule has 0 radical (unpaired) electrons. The van der Waals surface area contributed by atoms with E-state index in [9.17, 15) is 0 Å². The number of fused-ring (bicyclic) bond motifs is 4. The zero-order valence-corrected chi connectivity index (χ0v) is 35.3. The van der Waals surface area contributed by atoms with E-state index in [0.717, 1.165) is 52.6 Å². The fraction of sp³-hybridized carbons (Fsp3) is 0.190. The molecule has 5 heteroatoms. The molecule has 14 rings (SSSR count). The Morgan fingerprint density at radius 1 is 0.444 bits per heavy atom. The van der Waals surface area contributed by atoms with E-state index in [-0.39, 0.29) is 5.41 Å². The highest BCUT2D eigenvalue weighted by molar-refractivity contribution is 6.10. The van der Waals surface area contributed by atoms with Crippen molar-refractivity contribution in [1.82, 2.24) is 9.55 Å². The van der Waals surface area contributed by atoms with Crippen LogP contribution >= 0.6 is 0 Å². The Bertz CT molecular complexity index is 3110. The molecule has 0 saturated heterocycles. The van der Waals surface area contributed by atoms with E-state index in [1.165, 1.54) is 76.6 Å². The Labute approximate surface area is 369 Å². The summed E-state index contributed by atoms with van der Waals surface area (Å²) in [5.74, 6) is 4.06. The van der Waals surface area contributed by atoms with Gasteiger partial charge in [-0.25, -0.2) is 4.98 Å². The van der Waals surface area contributed by atoms with Crippen molar-refractivity contribution in [2.45, 2.75) is 37.5 Å². The van der Waals surface area contributed by atoms with Gasteiger partial charge in [-0.3, -0.25) is 4.57 Å². The normalized spacial score (nSPS) is 22.2. The highest BCUT2D eigenvalue weighted by Gasteiger charge is 2.58. The maximum absolute atomic E-state index is 5.25. The summed E-state index contributed by atoms with van der Waals surface area (Å²) in [6.07, 6.45) is 8.89. The lowest BCUT2D eigenvalue weighted by atomic mass is 9.42. The smallest absolute Gasteiger partial charge is 0.137 e. The molecule has 5 aliphatic rings. The summed E-state index contributed by atoms with van der Waals surface area (Å²) in [6.45, 7) is 0.727. The summed E-state index contributed by atoms with van der Waals surface area (Å²) in [4.78, 5) is 12.5. The maximum atomic E-state index is 5.25. The molecule has 9 aromatic rings. The zero-order valence-electron chi connectivity index (χ0n) is 35.3. The summed E-state index contributed by atoms with van der Waals surface area (Å²) in [5.41, 5.74) is 13.3. The van der Waals surface area contributed by atoms with Crippen LogP contribution in [0.15, 0.2) is 200 Å². The number of para-hydroxylation sites is 5. The molecular weight excluding hydrogens is 767 g/mol. The minimum Gasteiger partial charge on any atom is -0.321 e. The molecule has 1 aliphatic heterocycles. The molecule has 4 fully saturated rings. The quantitative estimate of drug-likeness (QED) is 0.153. The van der Waals surface area contributed by atoms with Gasteiger partial charge in [-0.1, -0.05) is 109 Å². The fourth-order valence-electron chi connectivity index (χ4n) is 13.0. The molecule has 0 atom stereocenters. The Kier molecular flexibility index (Phi) is 8.40. The van der Waals surface area contributed by atoms with Crippen LogP contribution in [0.25, 0.3) is 27.6 Å². The third-order valence-corrected chi connectivity index (χ3v) is 15.3. The van der Waals surface area contributed by atoms with Crippen molar-refractivity contribution in [3.63, 3.8) is 0 Å². The summed E-state index contributed by atoms with van der Waals surface area (Å²) < 4.78 is 2.44. The standard InChI is InChI=1S/C58H49N5/c1-4-15-42(16-5-1)58(44-32-40-31-41(34-44)35-45(58)33-40)43-29-30-59-57(36-43)63-53-24-11-10-23-51(53)52-28-27-50(38-56(52)63)62(47-19-8-3-9-20-47)49-22-14-21-48(37-49)61-39-60(46-17-6-2-7-18-46)54-25-12-13-26-55(54)61/h1-30,36-38,40-41,44-45H,31-35,39H2. The minimum absolute atomic E-state index is 0.000598. The number of anilines is 7. The SMILES string of the molecule is c1ccc(N2CN(c3cccc(N(c4ccccc4)c4ccc5c6ccccc6n(-c6cc(C7(c8ccccc8)C8CC9CC(C8)CC7C9)ccn6)c5c4)c3)c3ccccc32)cc1. The van der Waals surface area contributed by atoms with Gasteiger partial charge >= 0.3 is 0 Å². The molecule has 4 saturated carbocycles. The first-order chi connectivity index (χ1) is 31.2. The largest absolute Gasteiger partial charge is 0.321 e.